The lowest BCUT2D eigenvalue weighted by Gasteiger charge is -2.20. The first-order chi connectivity index (χ1) is 8.74. The highest BCUT2D eigenvalue weighted by molar-refractivity contribution is 9.10. The van der Waals surface area contributed by atoms with Crippen molar-refractivity contribution in [1.82, 2.24) is 9.97 Å². The van der Waals surface area contributed by atoms with E-state index >= 15 is 0 Å². The first-order valence-corrected chi connectivity index (χ1v) is 7.67. The van der Waals surface area contributed by atoms with Crippen LogP contribution in [0.5, 0.6) is 0 Å². The minimum absolute atomic E-state index is 0.836. The number of aromatic amines is 1. The molecule has 0 spiro atoms. The molecule has 3 heteroatoms. The number of rotatable bonds is 2. The van der Waals surface area contributed by atoms with Crippen molar-refractivity contribution in [2.45, 2.75) is 45.4 Å². The van der Waals surface area contributed by atoms with Crippen molar-refractivity contribution in [2.24, 2.45) is 5.92 Å². The molecule has 0 radical (unpaired) electrons. The number of nitrogens with one attached hydrogen (secondary N) is 1. The van der Waals surface area contributed by atoms with Gasteiger partial charge in [0, 0.05) is 10.9 Å². The van der Waals surface area contributed by atoms with Gasteiger partial charge in [-0.15, -0.1) is 0 Å². The van der Waals surface area contributed by atoms with Crippen LogP contribution in [0.25, 0.3) is 11.0 Å². The molecule has 1 N–H and O–H groups in total. The molecule has 96 valence electrons. The maximum absolute atomic E-state index is 4.78. The minimum Gasteiger partial charge on any atom is -0.342 e. The van der Waals surface area contributed by atoms with Crippen molar-refractivity contribution >= 4 is 27.0 Å². The van der Waals surface area contributed by atoms with Gasteiger partial charge in [-0.2, -0.15) is 0 Å². The number of hydrogen-bond acceptors (Lipinski definition) is 1. The van der Waals surface area contributed by atoms with E-state index in [1.54, 1.807) is 0 Å². The van der Waals surface area contributed by atoms with E-state index in [9.17, 15) is 0 Å². The van der Waals surface area contributed by atoms with Crippen molar-refractivity contribution < 1.29 is 0 Å². The van der Waals surface area contributed by atoms with E-state index in [2.05, 4.69) is 40.0 Å². The van der Waals surface area contributed by atoms with Gasteiger partial charge in [0.2, 0.25) is 0 Å². The summed E-state index contributed by atoms with van der Waals surface area (Å²) in [7, 11) is 0. The maximum atomic E-state index is 4.78. The van der Waals surface area contributed by atoms with E-state index in [-0.39, 0.29) is 0 Å². The molecule has 1 saturated carbocycles. The second kappa shape index (κ2) is 5.04. The van der Waals surface area contributed by atoms with E-state index < -0.39 is 0 Å². The average Bonchev–Trinajstić information content (AvgIpc) is 2.79. The maximum Gasteiger partial charge on any atom is 0.107 e. The SMILES string of the molecule is Cc1c(Br)ccc2[nH]c(CC3CCCCC3)nc12. The second-order valence-corrected chi connectivity index (χ2v) is 6.31. The first-order valence-electron chi connectivity index (χ1n) is 6.88. The number of benzene rings is 1. The molecule has 1 aromatic heterocycles. The molecule has 2 aromatic rings. The Kier molecular flexibility index (Phi) is 3.42. The lowest BCUT2D eigenvalue weighted by atomic mass is 9.87. The summed E-state index contributed by atoms with van der Waals surface area (Å²) in [5.41, 5.74) is 3.52. The van der Waals surface area contributed by atoms with Crippen LogP contribution in [0.4, 0.5) is 0 Å². The summed E-state index contributed by atoms with van der Waals surface area (Å²) in [6.45, 7) is 2.12. The van der Waals surface area contributed by atoms with Gasteiger partial charge in [-0.3, -0.25) is 0 Å². The molecule has 2 nitrogen and oxygen atoms in total. The predicted octanol–water partition coefficient (Wildman–Crippen LogP) is 4.76. The predicted molar refractivity (Wildman–Crippen MR) is 78.8 cm³/mol. The van der Waals surface area contributed by atoms with Gasteiger partial charge in [0.25, 0.3) is 0 Å². The minimum atomic E-state index is 0.836. The van der Waals surface area contributed by atoms with Crippen LogP contribution < -0.4 is 0 Å². The third-order valence-corrected chi connectivity index (χ3v) is 4.96. The molecule has 0 amide bonds. The number of fused-ring (bicyclic) bond motifs is 1. The monoisotopic (exact) mass is 306 g/mol. The zero-order valence-electron chi connectivity index (χ0n) is 10.8. The molecule has 0 atom stereocenters. The van der Waals surface area contributed by atoms with Gasteiger partial charge in [0.15, 0.2) is 0 Å². The fourth-order valence-corrected chi connectivity index (χ4v) is 3.32. The number of aromatic nitrogens is 2. The van der Waals surface area contributed by atoms with Crippen LogP contribution in [-0.4, -0.2) is 9.97 Å². The first kappa shape index (κ1) is 12.2. The smallest absolute Gasteiger partial charge is 0.107 e. The zero-order valence-corrected chi connectivity index (χ0v) is 12.4. The summed E-state index contributed by atoms with van der Waals surface area (Å²) in [5.74, 6) is 2.00. The molecule has 3 rings (SSSR count). The van der Waals surface area contributed by atoms with Gasteiger partial charge in [-0.25, -0.2) is 4.98 Å². The molecule has 18 heavy (non-hydrogen) atoms. The summed E-state index contributed by atoms with van der Waals surface area (Å²) in [4.78, 5) is 8.26. The Morgan fingerprint density at radius 3 is 2.83 bits per heavy atom. The Morgan fingerprint density at radius 1 is 1.28 bits per heavy atom. The van der Waals surface area contributed by atoms with Gasteiger partial charge in [0.05, 0.1) is 11.0 Å². The van der Waals surface area contributed by atoms with Crippen molar-refractivity contribution in [3.05, 3.63) is 28.0 Å². The molecular formula is C15H19BrN2. The van der Waals surface area contributed by atoms with Crippen LogP contribution in [0.15, 0.2) is 16.6 Å². The number of H-pyrrole nitrogens is 1. The fraction of sp³-hybridized carbons (Fsp3) is 0.533. The molecule has 0 aliphatic heterocycles. The molecule has 1 aliphatic carbocycles. The normalized spacial score (nSPS) is 17.4. The van der Waals surface area contributed by atoms with Crippen LogP contribution in [0.3, 0.4) is 0 Å². The molecule has 0 unspecified atom stereocenters. The summed E-state index contributed by atoms with van der Waals surface area (Å²) >= 11 is 3.57. The topological polar surface area (TPSA) is 28.7 Å². The van der Waals surface area contributed by atoms with Crippen molar-refractivity contribution in [3.63, 3.8) is 0 Å². The highest BCUT2D eigenvalue weighted by atomic mass is 79.9. The molecule has 1 fully saturated rings. The molecule has 1 heterocycles. The fourth-order valence-electron chi connectivity index (χ4n) is 3.00. The van der Waals surface area contributed by atoms with Gasteiger partial charge in [-0.05, 0) is 30.5 Å². The number of aryl methyl sites for hydroxylation is 1. The van der Waals surface area contributed by atoms with Crippen LogP contribution in [0, 0.1) is 12.8 Å². The van der Waals surface area contributed by atoms with E-state index in [1.165, 1.54) is 43.2 Å². The van der Waals surface area contributed by atoms with Gasteiger partial charge in [-0.1, -0.05) is 48.0 Å². The zero-order chi connectivity index (χ0) is 12.5. The third-order valence-electron chi connectivity index (χ3n) is 4.10. The molecular weight excluding hydrogens is 288 g/mol. The Morgan fingerprint density at radius 2 is 2.06 bits per heavy atom. The summed E-state index contributed by atoms with van der Waals surface area (Å²) < 4.78 is 1.14. The van der Waals surface area contributed by atoms with Crippen molar-refractivity contribution in [3.8, 4) is 0 Å². The van der Waals surface area contributed by atoms with Crippen molar-refractivity contribution in [1.29, 1.82) is 0 Å². The molecule has 0 bridgehead atoms. The summed E-state index contributed by atoms with van der Waals surface area (Å²) in [5, 5.41) is 0. The van der Waals surface area contributed by atoms with Crippen LogP contribution >= 0.6 is 15.9 Å². The number of nitrogens with zero attached hydrogens (tertiary/aromatic N) is 1. The quantitative estimate of drug-likeness (QED) is 0.851. The van der Waals surface area contributed by atoms with E-state index in [0.29, 0.717) is 0 Å². The molecule has 0 saturated heterocycles. The third kappa shape index (κ3) is 2.33. The van der Waals surface area contributed by atoms with Crippen LogP contribution in [-0.2, 0) is 6.42 Å². The van der Waals surface area contributed by atoms with E-state index in [1.807, 2.05) is 0 Å². The lowest BCUT2D eigenvalue weighted by molar-refractivity contribution is 0.352. The largest absolute Gasteiger partial charge is 0.342 e. The number of hydrogen-bond donors (Lipinski definition) is 1. The number of halogens is 1. The van der Waals surface area contributed by atoms with Crippen LogP contribution in [0.1, 0.15) is 43.5 Å². The Balaban J connectivity index is 1.86. The second-order valence-electron chi connectivity index (χ2n) is 5.46. The standard InChI is InChI=1S/C15H19BrN2/c1-10-12(16)7-8-13-15(10)18-14(17-13)9-11-5-3-2-4-6-11/h7-8,11H,2-6,9H2,1H3,(H,17,18). The average molecular weight is 307 g/mol. The Labute approximate surface area is 116 Å². The van der Waals surface area contributed by atoms with Gasteiger partial charge >= 0.3 is 0 Å². The molecule has 1 aliphatic rings. The van der Waals surface area contributed by atoms with Crippen molar-refractivity contribution in [2.75, 3.05) is 0 Å². The van der Waals surface area contributed by atoms with E-state index in [4.69, 9.17) is 4.98 Å². The molecule has 1 aromatic carbocycles. The van der Waals surface area contributed by atoms with Gasteiger partial charge in [0.1, 0.15) is 5.82 Å². The van der Waals surface area contributed by atoms with Crippen LogP contribution in [0.2, 0.25) is 0 Å². The summed E-state index contributed by atoms with van der Waals surface area (Å²) in [6, 6.07) is 4.21. The lowest BCUT2D eigenvalue weighted by Crippen LogP contribution is -2.10. The highest BCUT2D eigenvalue weighted by Crippen LogP contribution is 2.28. The van der Waals surface area contributed by atoms with E-state index in [0.717, 1.165) is 28.2 Å². The van der Waals surface area contributed by atoms with Gasteiger partial charge < -0.3 is 4.98 Å². The highest BCUT2D eigenvalue weighted by Gasteiger charge is 2.16. The Bertz CT molecular complexity index is 553. The summed E-state index contributed by atoms with van der Waals surface area (Å²) in [6.07, 6.45) is 8.08. The Hall–Kier alpha value is -0.830. The number of imidazole rings is 1.